The van der Waals surface area contributed by atoms with Crippen molar-refractivity contribution in [3.8, 4) is 6.07 Å². The van der Waals surface area contributed by atoms with Gasteiger partial charge in [-0.05, 0) is 56.7 Å². The molecule has 0 amide bonds. The fourth-order valence-corrected chi connectivity index (χ4v) is 3.44. The van der Waals surface area contributed by atoms with Gasteiger partial charge in [-0.15, -0.1) is 0 Å². The maximum absolute atomic E-state index is 13.4. The lowest BCUT2D eigenvalue weighted by molar-refractivity contribution is -0.0327. The Morgan fingerprint density at radius 3 is 2.54 bits per heavy atom. The Morgan fingerprint density at radius 1 is 1.17 bits per heavy atom. The lowest BCUT2D eigenvalue weighted by Crippen LogP contribution is -2.29. The van der Waals surface area contributed by atoms with E-state index in [4.69, 9.17) is 4.74 Å². The Balaban J connectivity index is 2.06. The zero-order chi connectivity index (χ0) is 17.2. The molecule has 0 aliphatic carbocycles. The van der Waals surface area contributed by atoms with E-state index in [9.17, 15) is 9.65 Å². The van der Waals surface area contributed by atoms with Crippen LogP contribution in [0.1, 0.15) is 35.6 Å². The first kappa shape index (κ1) is 16.6. The second-order valence-electron chi connectivity index (χ2n) is 6.45. The van der Waals surface area contributed by atoms with Crippen molar-refractivity contribution in [2.45, 2.75) is 24.5 Å². The van der Waals surface area contributed by atoms with E-state index in [1.807, 2.05) is 38.4 Å². The minimum atomic E-state index is -0.694. The number of halogens is 1. The quantitative estimate of drug-likeness (QED) is 0.834. The van der Waals surface area contributed by atoms with E-state index < -0.39 is 11.7 Å². The number of hydrogen-bond donors (Lipinski definition) is 0. The molecule has 1 aliphatic rings. The summed E-state index contributed by atoms with van der Waals surface area (Å²) in [6, 6.07) is 16.5. The van der Waals surface area contributed by atoms with Crippen molar-refractivity contribution in [1.29, 1.82) is 5.26 Å². The first-order valence-corrected chi connectivity index (χ1v) is 8.14. The van der Waals surface area contributed by atoms with Crippen LogP contribution in [0.4, 0.5) is 4.39 Å². The van der Waals surface area contributed by atoms with E-state index in [-0.39, 0.29) is 5.82 Å². The van der Waals surface area contributed by atoms with Crippen molar-refractivity contribution in [1.82, 2.24) is 4.90 Å². The molecule has 1 aliphatic heterocycles. The Kier molecular flexibility index (Phi) is 4.66. The van der Waals surface area contributed by atoms with Crippen molar-refractivity contribution in [2.24, 2.45) is 0 Å². The Hall–Kier alpha value is -2.22. The third kappa shape index (κ3) is 2.93. The Bertz CT molecular complexity index is 751. The summed E-state index contributed by atoms with van der Waals surface area (Å²) in [5.74, 6) is -0.273. The molecule has 0 N–H and O–H groups in total. The van der Waals surface area contributed by atoms with Gasteiger partial charge in [0.15, 0.2) is 6.10 Å². The van der Waals surface area contributed by atoms with E-state index in [0.717, 1.165) is 36.1 Å². The smallest absolute Gasteiger partial charge is 0.171 e. The highest BCUT2D eigenvalue weighted by Crippen LogP contribution is 2.50. The van der Waals surface area contributed by atoms with Gasteiger partial charge >= 0.3 is 0 Å². The summed E-state index contributed by atoms with van der Waals surface area (Å²) in [7, 11) is 4.07. The topological polar surface area (TPSA) is 36.3 Å². The summed E-state index contributed by atoms with van der Waals surface area (Å²) in [5, 5.41) is 9.51. The van der Waals surface area contributed by atoms with Crippen molar-refractivity contribution in [3.05, 3.63) is 71.0 Å². The monoisotopic (exact) mass is 324 g/mol. The fourth-order valence-electron chi connectivity index (χ4n) is 3.44. The molecule has 0 radical (unpaired) electrons. The molecule has 4 heteroatoms. The van der Waals surface area contributed by atoms with Crippen LogP contribution in [0.15, 0.2) is 48.5 Å². The molecule has 24 heavy (non-hydrogen) atoms. The predicted octanol–water partition coefficient (Wildman–Crippen LogP) is 4.01. The van der Waals surface area contributed by atoms with E-state index in [2.05, 4.69) is 11.0 Å². The molecule has 0 aromatic heterocycles. The lowest BCUT2D eigenvalue weighted by Gasteiger charge is -2.31. The molecule has 2 aromatic carbocycles. The second kappa shape index (κ2) is 6.72. The highest BCUT2D eigenvalue weighted by molar-refractivity contribution is 5.47. The van der Waals surface area contributed by atoms with Crippen LogP contribution in [0.5, 0.6) is 0 Å². The summed E-state index contributed by atoms with van der Waals surface area (Å²) in [4.78, 5) is 2.13. The molecular formula is C20H21FN2O. The minimum absolute atomic E-state index is 0.273. The van der Waals surface area contributed by atoms with E-state index in [0.29, 0.717) is 0 Å². The zero-order valence-electron chi connectivity index (χ0n) is 14.0. The maximum atomic E-state index is 13.4. The lowest BCUT2D eigenvalue weighted by atomic mass is 9.81. The number of benzene rings is 2. The van der Waals surface area contributed by atoms with Crippen LogP contribution in [-0.4, -0.2) is 25.5 Å². The average molecular weight is 324 g/mol. The van der Waals surface area contributed by atoms with Gasteiger partial charge in [0, 0.05) is 5.56 Å². The molecular weight excluding hydrogens is 303 g/mol. The second-order valence-corrected chi connectivity index (χ2v) is 6.45. The largest absolute Gasteiger partial charge is 0.343 e. The van der Waals surface area contributed by atoms with Gasteiger partial charge in [0.05, 0.1) is 6.07 Å². The fraction of sp³-hybridized carbons (Fsp3) is 0.350. The summed E-state index contributed by atoms with van der Waals surface area (Å²) in [5.41, 5.74) is 2.13. The number of nitriles is 1. The van der Waals surface area contributed by atoms with Crippen molar-refractivity contribution < 1.29 is 9.13 Å². The molecule has 2 atom stereocenters. The number of fused-ring (bicyclic) bond motifs is 1. The van der Waals surface area contributed by atoms with Crippen molar-refractivity contribution in [3.63, 3.8) is 0 Å². The SMILES string of the molecule is CN(C)CCCC1(c2ccc(F)cc2)OC(C#N)c2ccccc21. The summed E-state index contributed by atoms with van der Waals surface area (Å²) in [6.45, 7) is 0.922. The Morgan fingerprint density at radius 2 is 1.88 bits per heavy atom. The van der Waals surface area contributed by atoms with Gasteiger partial charge in [-0.25, -0.2) is 4.39 Å². The standard InChI is InChI=1S/C20H21FN2O/c1-23(2)13-5-12-20(15-8-10-16(21)11-9-15)18-7-4-3-6-17(18)19(14-22)24-20/h3-4,6-11,19H,5,12-13H2,1-2H3. The first-order chi connectivity index (χ1) is 11.6. The number of nitrogens with zero attached hydrogens (tertiary/aromatic N) is 2. The molecule has 0 saturated carbocycles. The number of rotatable bonds is 5. The molecule has 3 rings (SSSR count). The normalized spacial score (nSPS) is 22.4. The van der Waals surface area contributed by atoms with Crippen LogP contribution in [0.25, 0.3) is 0 Å². The van der Waals surface area contributed by atoms with Crippen LogP contribution < -0.4 is 0 Å². The van der Waals surface area contributed by atoms with Gasteiger partial charge < -0.3 is 9.64 Å². The third-order valence-corrected chi connectivity index (χ3v) is 4.56. The summed E-state index contributed by atoms with van der Waals surface area (Å²) in [6.07, 6.45) is 1.06. The van der Waals surface area contributed by atoms with Crippen LogP contribution in [0.2, 0.25) is 0 Å². The van der Waals surface area contributed by atoms with E-state index >= 15 is 0 Å². The highest BCUT2D eigenvalue weighted by atomic mass is 19.1. The molecule has 2 unspecified atom stereocenters. The highest BCUT2D eigenvalue weighted by Gasteiger charge is 2.45. The van der Waals surface area contributed by atoms with Gasteiger partial charge in [-0.2, -0.15) is 5.26 Å². The van der Waals surface area contributed by atoms with Crippen molar-refractivity contribution >= 4 is 0 Å². The first-order valence-electron chi connectivity index (χ1n) is 8.14. The van der Waals surface area contributed by atoms with Gasteiger partial charge in [0.1, 0.15) is 11.4 Å². The molecule has 0 fully saturated rings. The number of ether oxygens (including phenoxy) is 1. The van der Waals surface area contributed by atoms with Crippen LogP contribution in [-0.2, 0) is 10.3 Å². The number of hydrogen-bond acceptors (Lipinski definition) is 3. The van der Waals surface area contributed by atoms with Gasteiger partial charge in [0.2, 0.25) is 0 Å². The van der Waals surface area contributed by atoms with E-state index in [1.54, 1.807) is 12.1 Å². The Labute approximate surface area is 142 Å². The molecule has 2 aromatic rings. The van der Waals surface area contributed by atoms with Gasteiger partial charge in [-0.1, -0.05) is 36.4 Å². The third-order valence-electron chi connectivity index (χ3n) is 4.56. The van der Waals surface area contributed by atoms with Crippen LogP contribution in [0.3, 0.4) is 0 Å². The zero-order valence-corrected chi connectivity index (χ0v) is 14.0. The maximum Gasteiger partial charge on any atom is 0.171 e. The van der Waals surface area contributed by atoms with Crippen LogP contribution in [0, 0.1) is 17.1 Å². The molecule has 1 heterocycles. The molecule has 0 saturated heterocycles. The van der Waals surface area contributed by atoms with Crippen molar-refractivity contribution in [2.75, 3.05) is 20.6 Å². The summed E-state index contributed by atoms with van der Waals surface area (Å²) >= 11 is 0. The predicted molar refractivity (Wildman–Crippen MR) is 90.8 cm³/mol. The van der Waals surface area contributed by atoms with Gasteiger partial charge in [0.25, 0.3) is 0 Å². The molecule has 3 nitrogen and oxygen atoms in total. The molecule has 0 spiro atoms. The molecule has 124 valence electrons. The van der Waals surface area contributed by atoms with E-state index in [1.165, 1.54) is 12.1 Å². The summed E-state index contributed by atoms with van der Waals surface area (Å²) < 4.78 is 19.7. The molecule has 0 bridgehead atoms. The van der Waals surface area contributed by atoms with Crippen LogP contribution >= 0.6 is 0 Å². The minimum Gasteiger partial charge on any atom is -0.343 e. The average Bonchev–Trinajstić information content (AvgIpc) is 2.90. The van der Waals surface area contributed by atoms with Gasteiger partial charge in [-0.3, -0.25) is 0 Å².